The van der Waals surface area contributed by atoms with Crippen LogP contribution in [0, 0.1) is 5.92 Å². The molecule has 0 aliphatic carbocycles. The van der Waals surface area contributed by atoms with Gasteiger partial charge in [-0.25, -0.2) is 4.79 Å². The fraction of sp³-hybridized carbons (Fsp3) is 0.375. The summed E-state index contributed by atoms with van der Waals surface area (Å²) in [5, 5.41) is 5.67. The maximum absolute atomic E-state index is 12.4. The monoisotopic (exact) mass is 423 g/mol. The number of ether oxygens (including phenoxy) is 1. The van der Waals surface area contributed by atoms with Crippen molar-refractivity contribution in [3.8, 4) is 0 Å². The number of nitrogens with one attached hydrogen (secondary N) is 2. The molecule has 1 heterocycles. The van der Waals surface area contributed by atoms with Crippen molar-refractivity contribution in [1.82, 2.24) is 4.90 Å². The molecule has 3 amide bonds. The molecule has 0 aromatic heterocycles. The second kappa shape index (κ2) is 10.6. The summed E-state index contributed by atoms with van der Waals surface area (Å²) in [7, 11) is 0. The molecule has 2 aromatic rings. The van der Waals surface area contributed by atoms with Crippen molar-refractivity contribution in [2.45, 2.75) is 32.6 Å². The van der Waals surface area contributed by atoms with Crippen LogP contribution >= 0.6 is 0 Å². The van der Waals surface area contributed by atoms with Crippen molar-refractivity contribution >= 4 is 29.3 Å². The van der Waals surface area contributed by atoms with Gasteiger partial charge >= 0.3 is 12.0 Å². The second-order valence-corrected chi connectivity index (χ2v) is 7.96. The van der Waals surface area contributed by atoms with Crippen LogP contribution in [0.3, 0.4) is 0 Å². The van der Waals surface area contributed by atoms with Crippen LogP contribution in [0.25, 0.3) is 0 Å². The van der Waals surface area contributed by atoms with Crippen molar-refractivity contribution in [2.24, 2.45) is 5.92 Å². The zero-order valence-corrected chi connectivity index (χ0v) is 18.0. The number of esters is 1. The first kappa shape index (κ1) is 22.3. The van der Waals surface area contributed by atoms with E-state index in [1.54, 1.807) is 4.90 Å². The smallest absolute Gasteiger partial charge is 0.321 e. The Morgan fingerprint density at radius 2 is 1.61 bits per heavy atom. The summed E-state index contributed by atoms with van der Waals surface area (Å²) in [6.45, 7) is 4.72. The Labute approximate surface area is 182 Å². The highest BCUT2D eigenvalue weighted by Gasteiger charge is 2.28. The van der Waals surface area contributed by atoms with Gasteiger partial charge in [0, 0.05) is 24.5 Å². The number of amides is 3. The molecule has 0 radical (unpaired) electrons. The van der Waals surface area contributed by atoms with E-state index in [2.05, 4.69) is 24.5 Å². The van der Waals surface area contributed by atoms with Crippen LogP contribution in [0.2, 0.25) is 0 Å². The van der Waals surface area contributed by atoms with E-state index in [0.717, 1.165) is 16.9 Å². The molecule has 7 heteroatoms. The maximum Gasteiger partial charge on any atom is 0.321 e. The van der Waals surface area contributed by atoms with E-state index >= 15 is 0 Å². The highest BCUT2D eigenvalue weighted by atomic mass is 16.5. The fourth-order valence-electron chi connectivity index (χ4n) is 3.60. The molecule has 164 valence electrons. The number of nitrogens with zero attached hydrogens (tertiary/aromatic N) is 1. The third-order valence-corrected chi connectivity index (χ3v) is 5.34. The number of anilines is 2. The van der Waals surface area contributed by atoms with Crippen molar-refractivity contribution < 1.29 is 19.1 Å². The molecule has 7 nitrogen and oxygen atoms in total. The first-order valence-corrected chi connectivity index (χ1v) is 10.6. The number of benzene rings is 2. The fourth-order valence-corrected chi connectivity index (χ4v) is 3.60. The maximum atomic E-state index is 12.4. The average Bonchev–Trinajstić information content (AvgIpc) is 2.78. The highest BCUT2D eigenvalue weighted by Crippen LogP contribution is 2.24. The lowest BCUT2D eigenvalue weighted by Gasteiger charge is -2.30. The summed E-state index contributed by atoms with van der Waals surface area (Å²) < 4.78 is 5.24. The number of rotatable bonds is 6. The van der Waals surface area contributed by atoms with Gasteiger partial charge in [0.25, 0.3) is 5.91 Å². The molecule has 0 unspecified atom stereocenters. The Morgan fingerprint density at radius 1 is 0.968 bits per heavy atom. The van der Waals surface area contributed by atoms with E-state index in [4.69, 9.17) is 4.74 Å². The van der Waals surface area contributed by atoms with Crippen LogP contribution in [-0.4, -0.2) is 42.5 Å². The van der Waals surface area contributed by atoms with E-state index in [9.17, 15) is 14.4 Å². The SMILES string of the molecule is CC(C)c1ccccc1NC(=O)COC(=O)C1CCN(C(=O)Nc2ccccc2)CC1. The normalized spacial score (nSPS) is 14.2. The Hall–Kier alpha value is -3.35. The minimum Gasteiger partial charge on any atom is -0.455 e. The molecular formula is C24H29N3O4. The lowest BCUT2D eigenvalue weighted by atomic mass is 9.97. The molecule has 0 atom stereocenters. The Kier molecular flexibility index (Phi) is 7.65. The number of hydrogen-bond acceptors (Lipinski definition) is 4. The topological polar surface area (TPSA) is 87.7 Å². The molecule has 31 heavy (non-hydrogen) atoms. The van der Waals surface area contributed by atoms with Gasteiger partial charge in [0.15, 0.2) is 6.61 Å². The molecule has 0 saturated carbocycles. The molecule has 0 spiro atoms. The van der Waals surface area contributed by atoms with Crippen molar-refractivity contribution in [3.63, 3.8) is 0 Å². The van der Waals surface area contributed by atoms with Gasteiger partial charge in [-0.1, -0.05) is 50.2 Å². The van der Waals surface area contributed by atoms with Crippen LogP contribution in [0.5, 0.6) is 0 Å². The van der Waals surface area contributed by atoms with Gasteiger partial charge in [-0.2, -0.15) is 0 Å². The van der Waals surface area contributed by atoms with Gasteiger partial charge in [-0.3, -0.25) is 9.59 Å². The Bertz CT molecular complexity index is 906. The molecular weight excluding hydrogens is 394 g/mol. The molecule has 0 bridgehead atoms. The lowest BCUT2D eigenvalue weighted by Crippen LogP contribution is -2.43. The number of para-hydroxylation sites is 2. The third kappa shape index (κ3) is 6.31. The zero-order valence-electron chi connectivity index (χ0n) is 18.0. The van der Waals surface area contributed by atoms with Gasteiger partial charge in [0.1, 0.15) is 0 Å². The number of hydrogen-bond donors (Lipinski definition) is 2. The molecule has 1 saturated heterocycles. The van der Waals surface area contributed by atoms with Gasteiger partial charge in [0.2, 0.25) is 0 Å². The first-order valence-electron chi connectivity index (χ1n) is 10.6. The number of likely N-dealkylation sites (tertiary alicyclic amines) is 1. The lowest BCUT2D eigenvalue weighted by molar-refractivity contribution is -0.152. The largest absolute Gasteiger partial charge is 0.455 e. The molecule has 1 fully saturated rings. The van der Waals surface area contributed by atoms with Gasteiger partial charge in [-0.05, 0) is 42.5 Å². The quantitative estimate of drug-likeness (QED) is 0.681. The Morgan fingerprint density at radius 3 is 2.29 bits per heavy atom. The van der Waals surface area contributed by atoms with E-state index in [0.29, 0.717) is 25.9 Å². The molecule has 2 aromatic carbocycles. The number of piperidine rings is 1. The summed E-state index contributed by atoms with van der Waals surface area (Å²) in [5.41, 5.74) is 2.50. The summed E-state index contributed by atoms with van der Waals surface area (Å²) in [6.07, 6.45) is 1.03. The Balaban J connectivity index is 1.42. The predicted octanol–water partition coefficient (Wildman–Crippen LogP) is 4.24. The van der Waals surface area contributed by atoms with Crippen LogP contribution in [-0.2, 0) is 14.3 Å². The number of urea groups is 1. The summed E-state index contributed by atoms with van der Waals surface area (Å²) in [5.74, 6) is -0.795. The molecule has 1 aliphatic rings. The third-order valence-electron chi connectivity index (χ3n) is 5.34. The first-order chi connectivity index (χ1) is 14.9. The zero-order chi connectivity index (χ0) is 22.2. The van der Waals surface area contributed by atoms with E-state index in [-0.39, 0.29) is 30.4 Å². The summed E-state index contributed by atoms with van der Waals surface area (Å²) in [4.78, 5) is 38.7. The molecule has 3 rings (SSSR count). The van der Waals surface area contributed by atoms with Crippen LogP contribution in [0.4, 0.5) is 16.2 Å². The van der Waals surface area contributed by atoms with E-state index in [1.165, 1.54) is 0 Å². The van der Waals surface area contributed by atoms with Crippen molar-refractivity contribution in [2.75, 3.05) is 30.3 Å². The minimum atomic E-state index is -0.393. The van der Waals surface area contributed by atoms with Crippen molar-refractivity contribution in [1.29, 1.82) is 0 Å². The average molecular weight is 424 g/mol. The van der Waals surface area contributed by atoms with Crippen LogP contribution in [0.15, 0.2) is 54.6 Å². The standard InChI is InChI=1S/C24H29N3O4/c1-17(2)20-10-6-7-11-21(20)26-22(28)16-31-23(29)18-12-14-27(15-13-18)24(30)25-19-8-4-3-5-9-19/h3-11,17-18H,12-16H2,1-2H3,(H,25,30)(H,26,28). The van der Waals surface area contributed by atoms with Gasteiger partial charge in [0.05, 0.1) is 5.92 Å². The summed E-state index contributed by atoms with van der Waals surface area (Å²) >= 11 is 0. The predicted molar refractivity (Wildman–Crippen MR) is 120 cm³/mol. The molecule has 1 aliphatic heterocycles. The van der Waals surface area contributed by atoms with Crippen LogP contribution < -0.4 is 10.6 Å². The van der Waals surface area contributed by atoms with Gasteiger partial charge < -0.3 is 20.3 Å². The van der Waals surface area contributed by atoms with Crippen LogP contribution in [0.1, 0.15) is 38.2 Å². The van der Waals surface area contributed by atoms with Gasteiger partial charge in [-0.15, -0.1) is 0 Å². The highest BCUT2D eigenvalue weighted by molar-refractivity contribution is 5.93. The van der Waals surface area contributed by atoms with E-state index in [1.807, 2.05) is 54.6 Å². The van der Waals surface area contributed by atoms with E-state index < -0.39 is 5.97 Å². The minimum absolute atomic E-state index is 0.179. The summed E-state index contributed by atoms with van der Waals surface area (Å²) in [6, 6.07) is 16.7. The number of carbonyl (C=O) groups excluding carboxylic acids is 3. The second-order valence-electron chi connectivity index (χ2n) is 7.96. The van der Waals surface area contributed by atoms with Crippen molar-refractivity contribution in [3.05, 3.63) is 60.2 Å². The molecule has 2 N–H and O–H groups in total. The number of carbonyl (C=O) groups is 3.